The first-order valence-electron chi connectivity index (χ1n) is 8.17. The highest BCUT2D eigenvalue weighted by Crippen LogP contribution is 2.30. The van der Waals surface area contributed by atoms with Gasteiger partial charge in [0.15, 0.2) is 11.5 Å². The van der Waals surface area contributed by atoms with Gasteiger partial charge in [-0.15, -0.1) is 6.42 Å². The first-order valence-corrected chi connectivity index (χ1v) is 9.57. The number of aromatic hydroxyl groups is 1. The minimum atomic E-state index is -3.19. The fraction of sp³-hybridized carbons (Fsp3) is 0.263. The van der Waals surface area contributed by atoms with Gasteiger partial charge in [0.2, 0.25) is 0 Å². The van der Waals surface area contributed by atoms with Crippen LogP contribution in [0.5, 0.6) is 11.5 Å². The van der Waals surface area contributed by atoms with Crippen LogP contribution in [0.4, 0.5) is 5.69 Å². The molecule has 1 heterocycles. The lowest BCUT2D eigenvalue weighted by atomic mass is 10.2. The number of nitrogens with zero attached hydrogens (tertiary/aromatic N) is 2. The average Bonchev–Trinajstić information content (AvgIpc) is 2.65. The molecule has 0 saturated carbocycles. The summed E-state index contributed by atoms with van der Waals surface area (Å²) in [6.45, 7) is 1.27. The van der Waals surface area contributed by atoms with Crippen molar-refractivity contribution in [3.8, 4) is 23.8 Å². The van der Waals surface area contributed by atoms with Gasteiger partial charge in [-0.25, -0.2) is 0 Å². The van der Waals surface area contributed by atoms with E-state index in [2.05, 4.69) is 10.3 Å². The lowest BCUT2D eigenvalue weighted by Crippen LogP contribution is -2.38. The van der Waals surface area contributed by atoms with E-state index in [0.717, 1.165) is 24.8 Å². The summed E-state index contributed by atoms with van der Waals surface area (Å²) in [4.78, 5) is 0. The van der Waals surface area contributed by atoms with Gasteiger partial charge in [0, 0.05) is 18.7 Å². The highest BCUT2D eigenvalue weighted by atomic mass is 32.2. The summed E-state index contributed by atoms with van der Waals surface area (Å²) in [6, 6.07) is 13.4. The molecule has 3 rings (SSSR count). The Hall–Kier alpha value is -2.49. The van der Waals surface area contributed by atoms with Gasteiger partial charge in [-0.05, 0) is 49.2 Å². The Kier molecular flexibility index (Phi) is 5.27. The molecule has 1 atom stereocenters. The van der Waals surface area contributed by atoms with E-state index < -0.39 is 10.2 Å². The molecule has 1 aliphatic heterocycles. The highest BCUT2D eigenvalue weighted by molar-refractivity contribution is 7.87. The minimum absolute atomic E-state index is 0.0647. The van der Waals surface area contributed by atoms with Crippen molar-refractivity contribution in [2.45, 2.75) is 19.3 Å². The Morgan fingerprint density at radius 2 is 1.76 bits per heavy atom. The second kappa shape index (κ2) is 7.60. The van der Waals surface area contributed by atoms with Gasteiger partial charge in [-0.1, -0.05) is 24.5 Å². The molecular formula is C19H20N2O3S. The summed E-state index contributed by atoms with van der Waals surface area (Å²) < 4.78 is 25.4. The van der Waals surface area contributed by atoms with E-state index in [-0.39, 0.29) is 11.5 Å². The molecule has 0 radical (unpaired) electrons. The summed E-state index contributed by atoms with van der Waals surface area (Å²) in [5.74, 6) is 2.63. The molecule has 1 saturated heterocycles. The number of para-hydroxylation sites is 2. The van der Waals surface area contributed by atoms with Gasteiger partial charge in [0.05, 0.1) is 5.69 Å². The molecule has 2 aromatic carbocycles. The number of phenolic OH excluding ortho intramolecular Hbond substituents is 1. The van der Waals surface area contributed by atoms with Crippen molar-refractivity contribution in [3.05, 3.63) is 54.1 Å². The number of hydrogen-bond acceptors (Lipinski definition) is 4. The number of rotatable bonds is 4. The van der Waals surface area contributed by atoms with Gasteiger partial charge >= 0.3 is 0 Å². The minimum Gasteiger partial charge on any atom is -0.504 e. The van der Waals surface area contributed by atoms with Crippen LogP contribution in [0.3, 0.4) is 0 Å². The number of hydrogen-bond donors (Lipinski definition) is 1. The third kappa shape index (κ3) is 4.13. The van der Waals surface area contributed by atoms with Crippen LogP contribution in [0, 0.1) is 12.3 Å². The third-order valence-corrected chi connectivity index (χ3v) is 5.82. The van der Waals surface area contributed by atoms with Crippen molar-refractivity contribution in [1.82, 2.24) is 4.31 Å². The maximum atomic E-state index is 13.6. The second-order valence-corrected chi connectivity index (χ2v) is 7.53. The van der Waals surface area contributed by atoms with Crippen molar-refractivity contribution in [1.29, 1.82) is 0 Å². The summed E-state index contributed by atoms with van der Waals surface area (Å²) in [5.41, 5.74) is 1.25. The van der Waals surface area contributed by atoms with E-state index in [1.54, 1.807) is 46.8 Å². The predicted octanol–water partition coefficient (Wildman–Crippen LogP) is 3.87. The molecule has 2 aromatic rings. The largest absolute Gasteiger partial charge is 0.504 e. The maximum Gasteiger partial charge on any atom is 0.283 e. The van der Waals surface area contributed by atoms with Gasteiger partial charge in [-0.2, -0.15) is 12.9 Å². The summed E-state index contributed by atoms with van der Waals surface area (Å²) >= 11 is 0. The first kappa shape index (κ1) is 17.3. The molecule has 0 aliphatic carbocycles. The molecule has 1 unspecified atom stereocenters. The van der Waals surface area contributed by atoms with E-state index >= 15 is 0 Å². The van der Waals surface area contributed by atoms with E-state index in [1.165, 1.54) is 6.07 Å². The van der Waals surface area contributed by atoms with Crippen LogP contribution < -0.4 is 4.18 Å². The van der Waals surface area contributed by atoms with Crippen LogP contribution in [0.15, 0.2) is 52.9 Å². The monoisotopic (exact) mass is 356 g/mol. The van der Waals surface area contributed by atoms with Gasteiger partial charge in [0.1, 0.15) is 0 Å². The number of terminal acetylenes is 1. The van der Waals surface area contributed by atoms with E-state index in [0.29, 0.717) is 18.8 Å². The van der Waals surface area contributed by atoms with Gasteiger partial charge in [0.25, 0.3) is 10.2 Å². The Morgan fingerprint density at radius 3 is 2.40 bits per heavy atom. The fourth-order valence-electron chi connectivity index (χ4n) is 2.62. The van der Waals surface area contributed by atoms with Crippen LogP contribution in [0.25, 0.3) is 0 Å². The molecule has 5 nitrogen and oxygen atoms in total. The van der Waals surface area contributed by atoms with Crippen molar-refractivity contribution in [2.24, 2.45) is 4.36 Å². The van der Waals surface area contributed by atoms with E-state index in [1.807, 2.05) is 0 Å². The molecule has 0 bridgehead atoms. The van der Waals surface area contributed by atoms with Crippen molar-refractivity contribution in [3.63, 3.8) is 0 Å². The molecule has 0 aromatic heterocycles. The second-order valence-electron chi connectivity index (χ2n) is 5.77. The highest BCUT2D eigenvalue weighted by Gasteiger charge is 2.25. The molecule has 6 heteroatoms. The molecule has 130 valence electrons. The van der Waals surface area contributed by atoms with Crippen LogP contribution in [-0.4, -0.2) is 26.7 Å². The van der Waals surface area contributed by atoms with Gasteiger partial charge < -0.3 is 9.29 Å². The standard InChI is InChI=1S/C19H20N2O3S/c1-2-16-10-12-17(13-11-16)20-25(23,21-14-6-3-7-15-21)24-19-9-5-4-8-18(19)22/h1,4-5,8-13,22H,3,6-7,14-15H2. The van der Waals surface area contributed by atoms with Crippen molar-refractivity contribution < 1.29 is 13.5 Å². The van der Waals surface area contributed by atoms with Crippen molar-refractivity contribution in [2.75, 3.05) is 13.1 Å². The van der Waals surface area contributed by atoms with E-state index in [4.69, 9.17) is 10.6 Å². The Labute approximate surface area is 148 Å². The SMILES string of the molecule is C#Cc1ccc(N=S(=O)(Oc2ccccc2O)N2CCCCC2)cc1. The predicted molar refractivity (Wildman–Crippen MR) is 98.8 cm³/mol. The summed E-state index contributed by atoms with van der Waals surface area (Å²) in [7, 11) is -3.19. The van der Waals surface area contributed by atoms with Crippen LogP contribution >= 0.6 is 0 Å². The quantitative estimate of drug-likeness (QED) is 0.846. The Bertz CT molecular complexity index is 888. The Balaban J connectivity index is 2.01. The molecular weight excluding hydrogens is 336 g/mol. The first-order chi connectivity index (χ1) is 12.1. The van der Waals surface area contributed by atoms with Crippen LogP contribution in [0.2, 0.25) is 0 Å². The molecule has 1 aliphatic rings. The molecule has 1 N–H and O–H groups in total. The molecule has 1 fully saturated rings. The van der Waals surface area contributed by atoms with Crippen molar-refractivity contribution >= 4 is 15.9 Å². The fourth-order valence-corrected chi connectivity index (χ4v) is 4.36. The zero-order valence-electron chi connectivity index (χ0n) is 13.8. The zero-order chi connectivity index (χ0) is 17.7. The van der Waals surface area contributed by atoms with Gasteiger partial charge in [-0.3, -0.25) is 0 Å². The van der Waals surface area contributed by atoms with Crippen LogP contribution in [-0.2, 0) is 10.2 Å². The lowest BCUT2D eigenvalue weighted by Gasteiger charge is -2.28. The molecule has 25 heavy (non-hydrogen) atoms. The summed E-state index contributed by atoms with van der Waals surface area (Å²) in [6.07, 6.45) is 8.34. The summed E-state index contributed by atoms with van der Waals surface area (Å²) in [5, 5.41) is 9.97. The normalized spacial score (nSPS) is 17.2. The Morgan fingerprint density at radius 1 is 1.08 bits per heavy atom. The van der Waals surface area contributed by atoms with Crippen LogP contribution in [0.1, 0.15) is 24.8 Å². The topological polar surface area (TPSA) is 62.1 Å². The molecule has 0 amide bonds. The maximum absolute atomic E-state index is 13.6. The van der Waals surface area contributed by atoms with E-state index in [9.17, 15) is 9.32 Å². The average molecular weight is 356 g/mol. The third-order valence-electron chi connectivity index (χ3n) is 3.96. The number of piperidine rings is 1. The smallest absolute Gasteiger partial charge is 0.283 e. The lowest BCUT2D eigenvalue weighted by molar-refractivity contribution is 0.331. The zero-order valence-corrected chi connectivity index (χ0v) is 14.6. The molecule has 0 spiro atoms. The number of benzene rings is 2. The number of phenols is 1.